The molecule has 1 N–H and O–H groups in total. The van der Waals surface area contributed by atoms with Crippen LogP contribution >= 0.6 is 35.6 Å². The van der Waals surface area contributed by atoms with E-state index in [0.717, 1.165) is 23.0 Å². The summed E-state index contributed by atoms with van der Waals surface area (Å²) in [6, 6.07) is 9.33. The number of hydrogen-bond acceptors (Lipinski definition) is 5. The van der Waals surface area contributed by atoms with Crippen LogP contribution in [0.3, 0.4) is 0 Å². The third kappa shape index (κ3) is 6.56. The van der Waals surface area contributed by atoms with Crippen molar-refractivity contribution in [2.24, 2.45) is 4.99 Å². The highest BCUT2D eigenvalue weighted by Crippen LogP contribution is 2.15. The average Bonchev–Trinajstić information content (AvgIpc) is 3.19. The Bertz CT molecular complexity index is 900. The van der Waals surface area contributed by atoms with Crippen molar-refractivity contribution in [2.75, 3.05) is 39.8 Å². The maximum absolute atomic E-state index is 12.5. The Labute approximate surface area is 193 Å². The molecule has 0 spiro atoms. The monoisotopic (exact) mass is 553 g/mol. The molecule has 0 bridgehead atoms. The molecule has 29 heavy (non-hydrogen) atoms. The maximum atomic E-state index is 12.5. The second-order valence-electron chi connectivity index (χ2n) is 6.45. The van der Waals surface area contributed by atoms with Gasteiger partial charge in [-0.15, -0.1) is 24.0 Å². The van der Waals surface area contributed by atoms with Gasteiger partial charge >= 0.3 is 0 Å². The van der Waals surface area contributed by atoms with Crippen LogP contribution in [0.2, 0.25) is 5.02 Å². The van der Waals surface area contributed by atoms with Gasteiger partial charge in [-0.25, -0.2) is 8.42 Å². The molecule has 0 saturated carbocycles. The highest BCUT2D eigenvalue weighted by molar-refractivity contribution is 14.0. The van der Waals surface area contributed by atoms with Crippen LogP contribution in [0.5, 0.6) is 0 Å². The van der Waals surface area contributed by atoms with Gasteiger partial charge in [0.2, 0.25) is 10.0 Å². The third-order valence-electron chi connectivity index (χ3n) is 4.60. The zero-order valence-corrected chi connectivity index (χ0v) is 20.0. The molecule has 3 rings (SSSR count). The number of benzene rings is 1. The Kier molecular flexibility index (Phi) is 9.18. The SMILES string of the molecule is CN=C(NCCc1ccccc1Cl)N1CCN(S(=O)(=O)Cc2ccon2)CC1.I. The minimum absolute atomic E-state index is 0. The second-order valence-corrected chi connectivity index (χ2v) is 8.82. The van der Waals surface area contributed by atoms with E-state index in [2.05, 4.69) is 20.4 Å². The first-order valence-corrected chi connectivity index (χ1v) is 11.0. The average molecular weight is 554 g/mol. The van der Waals surface area contributed by atoms with E-state index in [1.165, 1.54) is 10.6 Å². The van der Waals surface area contributed by atoms with Gasteiger partial charge < -0.3 is 14.7 Å². The summed E-state index contributed by atoms with van der Waals surface area (Å²) in [6.45, 7) is 2.66. The highest BCUT2D eigenvalue weighted by atomic mass is 127. The van der Waals surface area contributed by atoms with Gasteiger partial charge in [0.05, 0.1) is 5.69 Å². The number of halogens is 2. The van der Waals surface area contributed by atoms with E-state index < -0.39 is 10.0 Å². The zero-order valence-electron chi connectivity index (χ0n) is 16.1. The van der Waals surface area contributed by atoms with E-state index in [9.17, 15) is 8.42 Å². The molecule has 1 aromatic heterocycles. The number of guanidine groups is 1. The third-order valence-corrected chi connectivity index (χ3v) is 6.78. The molecule has 1 aromatic carbocycles. The molecule has 1 saturated heterocycles. The first-order chi connectivity index (χ1) is 13.5. The summed E-state index contributed by atoms with van der Waals surface area (Å²) in [6.07, 6.45) is 2.16. The molecule has 0 aliphatic carbocycles. The van der Waals surface area contributed by atoms with Gasteiger partial charge in [-0.1, -0.05) is 35.0 Å². The van der Waals surface area contributed by atoms with Crippen LogP contribution in [0, 0.1) is 0 Å². The summed E-state index contributed by atoms with van der Waals surface area (Å²) in [4.78, 5) is 6.39. The van der Waals surface area contributed by atoms with E-state index >= 15 is 0 Å². The van der Waals surface area contributed by atoms with Crippen molar-refractivity contribution in [3.63, 3.8) is 0 Å². The molecule has 0 atom stereocenters. The van der Waals surface area contributed by atoms with Gasteiger partial charge in [-0.3, -0.25) is 4.99 Å². The number of piperazine rings is 1. The summed E-state index contributed by atoms with van der Waals surface area (Å²) in [5.41, 5.74) is 1.50. The van der Waals surface area contributed by atoms with Crippen molar-refractivity contribution in [2.45, 2.75) is 12.2 Å². The molecule has 2 heterocycles. The van der Waals surface area contributed by atoms with Crippen molar-refractivity contribution in [1.82, 2.24) is 19.7 Å². The number of aromatic nitrogens is 1. The molecule has 160 valence electrons. The Morgan fingerprint density at radius 2 is 1.97 bits per heavy atom. The largest absolute Gasteiger partial charge is 0.364 e. The van der Waals surface area contributed by atoms with Crippen LogP contribution in [0.4, 0.5) is 0 Å². The number of sulfonamides is 1. The Morgan fingerprint density at radius 1 is 1.24 bits per heavy atom. The van der Waals surface area contributed by atoms with Crippen molar-refractivity contribution < 1.29 is 12.9 Å². The van der Waals surface area contributed by atoms with Crippen molar-refractivity contribution in [3.8, 4) is 0 Å². The molecule has 11 heteroatoms. The maximum Gasteiger partial charge on any atom is 0.220 e. The van der Waals surface area contributed by atoms with Crippen LogP contribution in [0.15, 0.2) is 46.1 Å². The highest BCUT2D eigenvalue weighted by Gasteiger charge is 2.28. The molecule has 1 aliphatic heterocycles. The van der Waals surface area contributed by atoms with Gasteiger partial charge in [0.1, 0.15) is 12.0 Å². The summed E-state index contributed by atoms with van der Waals surface area (Å²) in [7, 11) is -1.68. The fourth-order valence-electron chi connectivity index (χ4n) is 3.11. The summed E-state index contributed by atoms with van der Waals surface area (Å²) >= 11 is 6.19. The van der Waals surface area contributed by atoms with Crippen LogP contribution < -0.4 is 5.32 Å². The Balaban J connectivity index is 0.00000300. The smallest absolute Gasteiger partial charge is 0.220 e. The van der Waals surface area contributed by atoms with E-state index in [1.54, 1.807) is 13.1 Å². The van der Waals surface area contributed by atoms with Crippen molar-refractivity contribution >= 4 is 51.6 Å². The molecular formula is C18H25ClIN5O3S. The minimum atomic E-state index is -3.41. The molecule has 2 aromatic rings. The summed E-state index contributed by atoms with van der Waals surface area (Å²) in [5, 5.41) is 7.77. The van der Waals surface area contributed by atoms with Gasteiger partial charge in [0.15, 0.2) is 5.96 Å². The summed E-state index contributed by atoms with van der Waals surface area (Å²) in [5.74, 6) is 0.620. The van der Waals surface area contributed by atoms with E-state index in [-0.39, 0.29) is 29.7 Å². The Morgan fingerprint density at radius 3 is 2.59 bits per heavy atom. The lowest BCUT2D eigenvalue weighted by molar-refractivity contribution is 0.260. The van der Waals surface area contributed by atoms with Gasteiger partial charge in [0, 0.05) is 50.9 Å². The molecule has 1 fully saturated rings. The molecule has 0 radical (unpaired) electrons. The predicted molar refractivity (Wildman–Crippen MR) is 124 cm³/mol. The van der Waals surface area contributed by atoms with E-state index in [0.29, 0.717) is 38.4 Å². The predicted octanol–water partition coefficient (Wildman–Crippen LogP) is 2.21. The van der Waals surface area contributed by atoms with Crippen LogP contribution in [-0.2, 0) is 22.2 Å². The van der Waals surface area contributed by atoms with Gasteiger partial charge in [-0.2, -0.15) is 4.31 Å². The normalized spacial score (nSPS) is 15.8. The number of nitrogens with zero attached hydrogens (tertiary/aromatic N) is 4. The van der Waals surface area contributed by atoms with Crippen LogP contribution in [0.1, 0.15) is 11.3 Å². The topological polar surface area (TPSA) is 91.0 Å². The van der Waals surface area contributed by atoms with Gasteiger partial charge in [-0.05, 0) is 18.1 Å². The lowest BCUT2D eigenvalue weighted by Crippen LogP contribution is -2.54. The molecule has 8 nitrogen and oxygen atoms in total. The quantitative estimate of drug-likeness (QED) is 0.335. The second kappa shape index (κ2) is 11.1. The number of aliphatic imine (C=N–C) groups is 1. The Hall–Kier alpha value is -1.37. The van der Waals surface area contributed by atoms with Gasteiger partial charge in [0.25, 0.3) is 0 Å². The molecule has 0 amide bonds. The number of hydrogen-bond donors (Lipinski definition) is 1. The first kappa shape index (κ1) is 23.9. The summed E-state index contributed by atoms with van der Waals surface area (Å²) < 4.78 is 31.3. The lowest BCUT2D eigenvalue weighted by atomic mass is 10.1. The fourth-order valence-corrected chi connectivity index (χ4v) is 4.77. The fraction of sp³-hybridized carbons (Fsp3) is 0.444. The molecule has 0 unspecified atom stereocenters. The van der Waals surface area contributed by atoms with Crippen LogP contribution in [-0.4, -0.2) is 68.5 Å². The van der Waals surface area contributed by atoms with Crippen molar-refractivity contribution in [3.05, 3.63) is 52.9 Å². The minimum Gasteiger partial charge on any atom is -0.364 e. The molecule has 1 aliphatic rings. The van der Waals surface area contributed by atoms with E-state index in [1.807, 2.05) is 24.3 Å². The van der Waals surface area contributed by atoms with Crippen LogP contribution in [0.25, 0.3) is 0 Å². The zero-order chi connectivity index (χ0) is 20.0. The number of rotatable bonds is 6. The first-order valence-electron chi connectivity index (χ1n) is 9.05. The standard InChI is InChI=1S/C18H24ClN5O3S.HI/c1-20-18(21-8-6-15-4-2-3-5-17(15)19)23-9-11-24(12-10-23)28(25,26)14-16-7-13-27-22-16;/h2-5,7,13H,6,8-12,14H2,1H3,(H,20,21);1H. The van der Waals surface area contributed by atoms with Crippen molar-refractivity contribution in [1.29, 1.82) is 0 Å². The lowest BCUT2D eigenvalue weighted by Gasteiger charge is -2.35. The molecular weight excluding hydrogens is 529 g/mol. The number of nitrogens with one attached hydrogen (secondary N) is 1. The van der Waals surface area contributed by atoms with E-state index in [4.69, 9.17) is 16.1 Å².